The smallest absolute Gasteiger partial charge is 0.320 e. The van der Waals surface area contributed by atoms with E-state index in [0.29, 0.717) is 0 Å². The number of carbonyl (C=O) groups is 1. The first-order valence-electron chi connectivity index (χ1n) is 6.03. The zero-order valence-corrected chi connectivity index (χ0v) is 10.4. The summed E-state index contributed by atoms with van der Waals surface area (Å²) in [6, 6.07) is 4.29. The number of hydrogen-bond donors (Lipinski definition) is 2. The van der Waals surface area contributed by atoms with Crippen LogP contribution >= 0.6 is 0 Å². The maximum absolute atomic E-state index is 12.0. The first-order chi connectivity index (χ1) is 8.24. The predicted octanol–water partition coefficient (Wildman–Crippen LogP) is 1.03. The molecule has 0 saturated carbocycles. The highest BCUT2D eigenvalue weighted by Crippen LogP contribution is 2.26. The van der Waals surface area contributed by atoms with Crippen molar-refractivity contribution >= 4 is 6.03 Å². The lowest BCUT2D eigenvalue weighted by Crippen LogP contribution is -2.31. The number of rotatable bonds is 5. The van der Waals surface area contributed by atoms with Crippen molar-refractivity contribution in [1.29, 1.82) is 0 Å². The largest absolute Gasteiger partial charge is 0.363 e. The summed E-state index contributed by atoms with van der Waals surface area (Å²) in [5.41, 5.74) is 1.11. The van der Waals surface area contributed by atoms with E-state index in [1.54, 1.807) is 0 Å². The van der Waals surface area contributed by atoms with E-state index in [1.807, 2.05) is 42.2 Å². The zero-order chi connectivity index (χ0) is 12.3. The Morgan fingerprint density at radius 1 is 1.59 bits per heavy atom. The second-order valence-electron chi connectivity index (χ2n) is 4.44. The number of aromatic nitrogens is 1. The minimum atomic E-state index is 0.126. The van der Waals surface area contributed by atoms with E-state index in [0.717, 1.165) is 31.7 Å². The highest BCUT2D eigenvalue weighted by Gasteiger charge is 2.35. The van der Waals surface area contributed by atoms with Gasteiger partial charge in [0.15, 0.2) is 0 Å². The molecule has 1 saturated heterocycles. The van der Waals surface area contributed by atoms with Gasteiger partial charge in [0.1, 0.15) is 0 Å². The molecular weight excluding hydrogens is 216 g/mol. The Kier molecular flexibility index (Phi) is 3.68. The third kappa shape index (κ3) is 2.44. The molecule has 1 atom stereocenters. The molecule has 0 bridgehead atoms. The lowest BCUT2D eigenvalue weighted by atomic mass is 10.2. The third-order valence-electron chi connectivity index (χ3n) is 3.27. The molecule has 1 aromatic heterocycles. The van der Waals surface area contributed by atoms with Crippen molar-refractivity contribution < 1.29 is 4.79 Å². The Morgan fingerprint density at radius 2 is 2.41 bits per heavy atom. The van der Waals surface area contributed by atoms with Gasteiger partial charge < -0.3 is 20.1 Å². The monoisotopic (exact) mass is 236 g/mol. The van der Waals surface area contributed by atoms with Crippen LogP contribution in [-0.2, 0) is 0 Å². The molecule has 2 rings (SSSR count). The van der Waals surface area contributed by atoms with Gasteiger partial charge in [-0.25, -0.2) is 4.79 Å². The molecule has 2 heterocycles. The summed E-state index contributed by atoms with van der Waals surface area (Å²) < 4.78 is 0. The Balaban J connectivity index is 1.97. The predicted molar refractivity (Wildman–Crippen MR) is 66.8 cm³/mol. The van der Waals surface area contributed by atoms with Crippen LogP contribution in [0.1, 0.15) is 18.2 Å². The molecule has 5 heteroatoms. The Hall–Kier alpha value is -1.49. The minimum Gasteiger partial charge on any atom is -0.363 e. The van der Waals surface area contributed by atoms with Crippen molar-refractivity contribution in [3.05, 3.63) is 24.0 Å². The van der Waals surface area contributed by atoms with Gasteiger partial charge in [0, 0.05) is 32.0 Å². The number of amides is 2. The van der Waals surface area contributed by atoms with Gasteiger partial charge in [0.25, 0.3) is 0 Å². The van der Waals surface area contributed by atoms with E-state index >= 15 is 0 Å². The quantitative estimate of drug-likeness (QED) is 0.750. The molecular formula is C12H20N4O. The van der Waals surface area contributed by atoms with Crippen LogP contribution < -0.4 is 5.32 Å². The van der Waals surface area contributed by atoms with E-state index in [4.69, 9.17) is 0 Å². The normalized spacial score (nSPS) is 20.4. The zero-order valence-electron chi connectivity index (χ0n) is 10.4. The molecule has 2 N–H and O–H groups in total. The van der Waals surface area contributed by atoms with Crippen molar-refractivity contribution in [2.75, 3.05) is 33.7 Å². The molecule has 17 heavy (non-hydrogen) atoms. The van der Waals surface area contributed by atoms with Crippen LogP contribution in [0.4, 0.5) is 4.79 Å². The van der Waals surface area contributed by atoms with Crippen LogP contribution in [-0.4, -0.2) is 54.5 Å². The number of urea groups is 1. The first-order valence-corrected chi connectivity index (χ1v) is 6.03. The van der Waals surface area contributed by atoms with E-state index in [1.165, 1.54) is 0 Å². The van der Waals surface area contributed by atoms with Crippen LogP contribution in [0.3, 0.4) is 0 Å². The molecule has 2 amide bonds. The Labute approximate surface area is 102 Å². The van der Waals surface area contributed by atoms with Crippen LogP contribution in [0, 0.1) is 0 Å². The number of likely N-dealkylation sites (N-methyl/N-ethyl adjacent to an activating group) is 1. The van der Waals surface area contributed by atoms with Gasteiger partial charge in [-0.1, -0.05) is 0 Å². The number of nitrogens with one attached hydrogen (secondary N) is 2. The first kappa shape index (κ1) is 12.0. The van der Waals surface area contributed by atoms with Crippen LogP contribution in [0.2, 0.25) is 0 Å². The number of nitrogens with zero attached hydrogens (tertiary/aromatic N) is 2. The maximum atomic E-state index is 12.0. The molecule has 0 spiro atoms. The maximum Gasteiger partial charge on any atom is 0.320 e. The second-order valence-corrected chi connectivity index (χ2v) is 4.44. The summed E-state index contributed by atoms with van der Waals surface area (Å²) in [4.78, 5) is 18.9. The fraction of sp³-hybridized carbons (Fsp3) is 0.583. The molecule has 0 radical (unpaired) electrons. The summed E-state index contributed by atoms with van der Waals surface area (Å²) >= 11 is 0. The fourth-order valence-electron chi connectivity index (χ4n) is 2.26. The van der Waals surface area contributed by atoms with Gasteiger partial charge in [0.05, 0.1) is 6.04 Å². The van der Waals surface area contributed by atoms with Gasteiger partial charge in [-0.3, -0.25) is 0 Å². The van der Waals surface area contributed by atoms with Crippen molar-refractivity contribution in [3.63, 3.8) is 0 Å². The van der Waals surface area contributed by atoms with Gasteiger partial charge in [-0.2, -0.15) is 0 Å². The summed E-state index contributed by atoms with van der Waals surface area (Å²) in [7, 11) is 3.80. The molecule has 1 unspecified atom stereocenters. The molecule has 1 fully saturated rings. The van der Waals surface area contributed by atoms with Crippen LogP contribution in [0.5, 0.6) is 0 Å². The molecule has 0 aromatic carbocycles. The molecule has 1 aliphatic heterocycles. The molecule has 94 valence electrons. The van der Waals surface area contributed by atoms with Gasteiger partial charge in [-0.15, -0.1) is 0 Å². The lowest BCUT2D eigenvalue weighted by Gasteiger charge is -2.16. The van der Waals surface area contributed by atoms with E-state index < -0.39 is 0 Å². The molecule has 1 aliphatic rings. The molecule has 1 aromatic rings. The average molecular weight is 236 g/mol. The van der Waals surface area contributed by atoms with Gasteiger partial charge in [0.2, 0.25) is 0 Å². The highest BCUT2D eigenvalue weighted by atomic mass is 16.2. The Bertz CT molecular complexity index is 363. The Morgan fingerprint density at radius 3 is 3.06 bits per heavy atom. The fourth-order valence-corrected chi connectivity index (χ4v) is 2.26. The highest BCUT2D eigenvalue weighted by molar-refractivity contribution is 5.77. The van der Waals surface area contributed by atoms with Gasteiger partial charge >= 0.3 is 6.03 Å². The minimum absolute atomic E-state index is 0.126. The third-order valence-corrected chi connectivity index (χ3v) is 3.27. The number of H-pyrrole nitrogens is 1. The van der Waals surface area contributed by atoms with Crippen molar-refractivity contribution in [2.45, 2.75) is 12.5 Å². The summed E-state index contributed by atoms with van der Waals surface area (Å²) in [5.74, 6) is 0. The number of hydrogen-bond acceptors (Lipinski definition) is 2. The average Bonchev–Trinajstić information content (AvgIpc) is 2.93. The second kappa shape index (κ2) is 5.23. The molecule has 0 aliphatic carbocycles. The SMILES string of the molecule is CNCCCN1CC(c2ccc[nH]2)N(C)C1=O. The van der Waals surface area contributed by atoms with Crippen LogP contribution in [0.15, 0.2) is 18.3 Å². The lowest BCUT2D eigenvalue weighted by molar-refractivity contribution is 0.195. The molecule has 5 nitrogen and oxygen atoms in total. The van der Waals surface area contributed by atoms with E-state index in [-0.39, 0.29) is 12.1 Å². The van der Waals surface area contributed by atoms with Gasteiger partial charge in [-0.05, 0) is 32.1 Å². The van der Waals surface area contributed by atoms with Crippen molar-refractivity contribution in [2.24, 2.45) is 0 Å². The standard InChI is InChI=1S/C12H20N4O/c1-13-6-4-8-16-9-11(15(2)12(16)17)10-5-3-7-14-10/h3,5,7,11,13-14H,4,6,8-9H2,1-2H3. The summed E-state index contributed by atoms with van der Waals surface area (Å²) in [5, 5.41) is 3.10. The topological polar surface area (TPSA) is 51.4 Å². The van der Waals surface area contributed by atoms with E-state index in [2.05, 4.69) is 10.3 Å². The van der Waals surface area contributed by atoms with Crippen molar-refractivity contribution in [1.82, 2.24) is 20.1 Å². The van der Waals surface area contributed by atoms with E-state index in [9.17, 15) is 4.79 Å². The summed E-state index contributed by atoms with van der Waals surface area (Å²) in [6.45, 7) is 2.54. The number of aromatic amines is 1. The van der Waals surface area contributed by atoms with Crippen molar-refractivity contribution in [3.8, 4) is 0 Å². The summed E-state index contributed by atoms with van der Waals surface area (Å²) in [6.07, 6.45) is 2.89. The number of carbonyl (C=O) groups excluding carboxylic acids is 1. The van der Waals surface area contributed by atoms with Crippen LogP contribution in [0.25, 0.3) is 0 Å².